The van der Waals surface area contributed by atoms with Gasteiger partial charge in [0.1, 0.15) is 12.4 Å². The summed E-state index contributed by atoms with van der Waals surface area (Å²) in [5, 5.41) is 0.932. The van der Waals surface area contributed by atoms with Gasteiger partial charge in [-0.1, -0.05) is 30.3 Å². The highest BCUT2D eigenvalue weighted by Gasteiger charge is 2.26. The highest BCUT2D eigenvalue weighted by atomic mass is 16.7. The minimum Gasteiger partial charge on any atom is -0.489 e. The largest absolute Gasteiger partial charge is 0.489 e. The number of hydrogen-bond acceptors (Lipinski definition) is 4. The summed E-state index contributed by atoms with van der Waals surface area (Å²) < 4.78 is 5.87. The maximum absolute atomic E-state index is 12.5. The van der Waals surface area contributed by atoms with Crippen LogP contribution >= 0.6 is 0 Å². The molecule has 0 saturated heterocycles. The predicted octanol–water partition coefficient (Wildman–Crippen LogP) is 3.81. The van der Waals surface area contributed by atoms with Gasteiger partial charge in [0.05, 0.1) is 0 Å². The van der Waals surface area contributed by atoms with Gasteiger partial charge in [-0.3, -0.25) is 4.90 Å². The molecule has 0 spiro atoms. The molecule has 0 atom stereocenters. The van der Waals surface area contributed by atoms with E-state index in [2.05, 4.69) is 0 Å². The Kier molecular flexibility index (Phi) is 5.22. The molecule has 0 unspecified atom stereocenters. The van der Waals surface area contributed by atoms with Gasteiger partial charge in [-0.15, -0.1) is 5.06 Å². The Labute approximate surface area is 152 Å². The smallest absolute Gasteiger partial charge is 0.362 e. The van der Waals surface area contributed by atoms with Crippen molar-refractivity contribution in [2.45, 2.75) is 20.5 Å². The summed E-state index contributed by atoms with van der Waals surface area (Å²) in [4.78, 5) is 30.0. The minimum atomic E-state index is -0.550. The number of ether oxygens (including phenoxy) is 1. The lowest BCUT2D eigenvalue weighted by Crippen LogP contribution is -2.44. The van der Waals surface area contributed by atoms with E-state index in [0.717, 1.165) is 21.9 Å². The molecule has 26 heavy (non-hydrogen) atoms. The van der Waals surface area contributed by atoms with Crippen molar-refractivity contribution in [3.63, 3.8) is 0 Å². The van der Waals surface area contributed by atoms with E-state index in [9.17, 15) is 9.59 Å². The first kappa shape index (κ1) is 17.5. The van der Waals surface area contributed by atoms with E-state index in [1.807, 2.05) is 55.5 Å². The van der Waals surface area contributed by atoms with Crippen LogP contribution in [0.15, 0.2) is 60.8 Å². The van der Waals surface area contributed by atoms with Crippen LogP contribution in [0.5, 0.6) is 5.75 Å². The second kappa shape index (κ2) is 7.74. The van der Waals surface area contributed by atoms with Crippen LogP contribution < -0.4 is 9.64 Å². The van der Waals surface area contributed by atoms with E-state index >= 15 is 0 Å². The van der Waals surface area contributed by atoms with Crippen LogP contribution in [0, 0.1) is 6.92 Å². The Morgan fingerprint density at radius 2 is 1.92 bits per heavy atom. The number of benzene rings is 2. The van der Waals surface area contributed by atoms with Crippen molar-refractivity contribution in [1.29, 1.82) is 0 Å². The number of carbonyl (C=O) groups excluding carboxylic acids is 2. The highest BCUT2D eigenvalue weighted by molar-refractivity contribution is 5.94. The Morgan fingerprint density at radius 3 is 2.62 bits per heavy atom. The predicted molar refractivity (Wildman–Crippen MR) is 97.4 cm³/mol. The molecule has 2 aromatic rings. The zero-order valence-electron chi connectivity index (χ0n) is 14.7. The molecule has 1 aliphatic rings. The van der Waals surface area contributed by atoms with E-state index in [4.69, 9.17) is 9.57 Å². The quantitative estimate of drug-likeness (QED) is 0.821. The fourth-order valence-corrected chi connectivity index (χ4v) is 2.63. The van der Waals surface area contributed by atoms with Crippen molar-refractivity contribution in [3.05, 3.63) is 71.9 Å². The molecule has 2 amide bonds. The van der Waals surface area contributed by atoms with E-state index in [1.165, 1.54) is 18.0 Å². The molecule has 0 aromatic heterocycles. The Bertz CT molecular complexity index is 833. The lowest BCUT2D eigenvalue weighted by atomic mass is 10.1. The van der Waals surface area contributed by atoms with Gasteiger partial charge in [0, 0.05) is 25.4 Å². The van der Waals surface area contributed by atoms with Crippen molar-refractivity contribution in [3.8, 4) is 5.75 Å². The number of rotatable bonds is 5. The van der Waals surface area contributed by atoms with Crippen LogP contribution in [-0.4, -0.2) is 23.6 Å². The Morgan fingerprint density at radius 1 is 1.15 bits per heavy atom. The topological polar surface area (TPSA) is 59.1 Å². The fraction of sp³-hybridized carbons (Fsp3) is 0.200. The summed E-state index contributed by atoms with van der Waals surface area (Å²) in [5.41, 5.74) is 2.71. The summed E-state index contributed by atoms with van der Waals surface area (Å²) in [6.45, 7) is 4.06. The number of amides is 2. The maximum atomic E-state index is 12.5. The molecule has 0 saturated carbocycles. The molecule has 2 aromatic carbocycles. The van der Waals surface area contributed by atoms with Crippen LogP contribution in [0.4, 0.5) is 10.5 Å². The zero-order chi connectivity index (χ0) is 18.5. The number of anilines is 1. The van der Waals surface area contributed by atoms with E-state index < -0.39 is 12.0 Å². The second-order valence-electron chi connectivity index (χ2n) is 5.91. The maximum Gasteiger partial charge on any atom is 0.362 e. The molecular weight excluding hydrogens is 332 g/mol. The number of carbonyl (C=O) groups is 2. The van der Waals surface area contributed by atoms with E-state index in [1.54, 1.807) is 6.08 Å². The average Bonchev–Trinajstić information content (AvgIpc) is 2.63. The van der Waals surface area contributed by atoms with Crippen molar-refractivity contribution in [1.82, 2.24) is 5.06 Å². The first-order valence-corrected chi connectivity index (χ1v) is 8.28. The van der Waals surface area contributed by atoms with Crippen LogP contribution in [0.2, 0.25) is 0 Å². The average molecular weight is 352 g/mol. The summed E-state index contributed by atoms with van der Waals surface area (Å²) in [6, 6.07) is 15.0. The molecule has 0 aliphatic carbocycles. The van der Waals surface area contributed by atoms with Crippen LogP contribution in [-0.2, 0) is 16.2 Å². The number of hydrogen-bond donors (Lipinski definition) is 0. The zero-order valence-corrected chi connectivity index (χ0v) is 14.7. The highest BCUT2D eigenvalue weighted by Crippen LogP contribution is 2.27. The van der Waals surface area contributed by atoms with Gasteiger partial charge in [0.25, 0.3) is 0 Å². The molecule has 6 nitrogen and oxygen atoms in total. The van der Waals surface area contributed by atoms with Gasteiger partial charge in [0.2, 0.25) is 0 Å². The molecule has 1 heterocycles. The third kappa shape index (κ3) is 4.03. The van der Waals surface area contributed by atoms with Gasteiger partial charge in [-0.05, 0) is 42.3 Å². The Hall–Kier alpha value is -3.28. The molecule has 0 radical (unpaired) electrons. The molecule has 1 aliphatic heterocycles. The molecule has 134 valence electrons. The number of aryl methyl sites for hydroxylation is 1. The van der Waals surface area contributed by atoms with Crippen molar-refractivity contribution < 1.29 is 19.2 Å². The van der Waals surface area contributed by atoms with Crippen molar-refractivity contribution in [2.24, 2.45) is 0 Å². The summed E-state index contributed by atoms with van der Waals surface area (Å²) in [5.74, 6) is 0.208. The molecule has 0 N–H and O–H groups in total. The molecule has 0 bridgehead atoms. The van der Waals surface area contributed by atoms with E-state index in [-0.39, 0.29) is 0 Å². The lowest BCUT2D eigenvalue weighted by Gasteiger charge is -2.30. The van der Waals surface area contributed by atoms with Gasteiger partial charge in [-0.2, -0.15) is 0 Å². The summed E-state index contributed by atoms with van der Waals surface area (Å²) in [6.07, 6.45) is 3.20. The van der Waals surface area contributed by atoms with Gasteiger partial charge in [-0.25, -0.2) is 9.59 Å². The second-order valence-corrected chi connectivity index (χ2v) is 5.91. The van der Waals surface area contributed by atoms with Gasteiger partial charge >= 0.3 is 12.0 Å². The third-order valence-corrected chi connectivity index (χ3v) is 3.88. The molecule has 3 rings (SSSR count). The Balaban J connectivity index is 1.72. The number of nitrogens with zero attached hydrogens (tertiary/aromatic N) is 2. The third-order valence-electron chi connectivity index (χ3n) is 3.88. The summed E-state index contributed by atoms with van der Waals surface area (Å²) in [7, 11) is 0. The summed E-state index contributed by atoms with van der Waals surface area (Å²) >= 11 is 0. The molecule has 6 heteroatoms. The fourth-order valence-electron chi connectivity index (χ4n) is 2.63. The van der Waals surface area contributed by atoms with Crippen LogP contribution in [0.3, 0.4) is 0 Å². The first-order valence-electron chi connectivity index (χ1n) is 8.28. The van der Waals surface area contributed by atoms with Crippen molar-refractivity contribution >= 4 is 17.7 Å². The van der Waals surface area contributed by atoms with Gasteiger partial charge < -0.3 is 9.57 Å². The SMILES string of the molecule is CC(=O)ON1C=CCN(c2ccc(OCc3ccccc3)c(C)c2)C1=O. The molecule has 0 fully saturated rings. The molecular formula is C20H20N2O4. The standard InChI is InChI=1S/C20H20N2O4/c1-15-13-18(21-11-6-12-22(20(21)24)26-16(2)23)9-10-19(15)25-14-17-7-4-3-5-8-17/h3-10,12-13H,11,14H2,1-2H3. The lowest BCUT2D eigenvalue weighted by molar-refractivity contribution is -0.165. The monoisotopic (exact) mass is 352 g/mol. The first-order chi connectivity index (χ1) is 12.5. The number of urea groups is 1. The van der Waals surface area contributed by atoms with E-state index in [0.29, 0.717) is 18.8 Å². The van der Waals surface area contributed by atoms with Gasteiger partial charge in [0.15, 0.2) is 0 Å². The van der Waals surface area contributed by atoms with Crippen LogP contribution in [0.25, 0.3) is 0 Å². The van der Waals surface area contributed by atoms with Crippen molar-refractivity contribution in [2.75, 3.05) is 11.4 Å². The number of hydroxylamine groups is 2. The minimum absolute atomic E-state index is 0.403. The normalized spacial score (nSPS) is 13.7. The van der Waals surface area contributed by atoms with Crippen LogP contribution in [0.1, 0.15) is 18.1 Å².